The fourth-order valence-electron chi connectivity index (χ4n) is 1.97. The minimum absolute atomic E-state index is 0.0733. The SMILES string of the molecule is COCC(C)n1ncc(C(=O)Nc2ccnnc2)c1C. The Morgan fingerprint density at radius 3 is 2.90 bits per heavy atom. The molecular formula is C13H17N5O2. The van der Waals surface area contributed by atoms with Crippen LogP contribution < -0.4 is 5.32 Å². The number of methoxy groups -OCH3 is 1. The first-order valence-electron chi connectivity index (χ1n) is 6.24. The zero-order valence-corrected chi connectivity index (χ0v) is 11.7. The molecule has 0 spiro atoms. The Morgan fingerprint density at radius 1 is 1.45 bits per heavy atom. The van der Waals surface area contributed by atoms with Crippen molar-refractivity contribution in [1.29, 1.82) is 0 Å². The average Bonchev–Trinajstić information content (AvgIpc) is 2.82. The van der Waals surface area contributed by atoms with Crippen molar-refractivity contribution in [3.05, 3.63) is 35.9 Å². The largest absolute Gasteiger partial charge is 0.382 e. The van der Waals surface area contributed by atoms with Crippen LogP contribution in [0.3, 0.4) is 0 Å². The summed E-state index contributed by atoms with van der Waals surface area (Å²) in [7, 11) is 1.64. The van der Waals surface area contributed by atoms with Gasteiger partial charge in [0, 0.05) is 12.8 Å². The second-order valence-electron chi connectivity index (χ2n) is 4.48. The smallest absolute Gasteiger partial charge is 0.259 e. The maximum Gasteiger partial charge on any atom is 0.259 e. The maximum atomic E-state index is 12.2. The van der Waals surface area contributed by atoms with Crippen molar-refractivity contribution in [2.45, 2.75) is 19.9 Å². The molecule has 2 rings (SSSR count). The van der Waals surface area contributed by atoms with Gasteiger partial charge in [0.2, 0.25) is 0 Å². The number of nitrogens with one attached hydrogen (secondary N) is 1. The number of aromatic nitrogens is 4. The summed E-state index contributed by atoms with van der Waals surface area (Å²) in [6.45, 7) is 4.38. The molecule has 0 fully saturated rings. The van der Waals surface area contributed by atoms with E-state index in [1.165, 1.54) is 12.4 Å². The fourth-order valence-corrected chi connectivity index (χ4v) is 1.97. The molecule has 1 N–H and O–H groups in total. The van der Waals surface area contributed by atoms with Crippen molar-refractivity contribution in [1.82, 2.24) is 20.0 Å². The predicted molar refractivity (Wildman–Crippen MR) is 73.5 cm³/mol. The third-order valence-electron chi connectivity index (χ3n) is 2.96. The number of ether oxygens (including phenoxy) is 1. The summed E-state index contributed by atoms with van der Waals surface area (Å²) in [6, 6.07) is 1.75. The van der Waals surface area contributed by atoms with Gasteiger partial charge in [-0.15, -0.1) is 0 Å². The lowest BCUT2D eigenvalue weighted by Gasteiger charge is -2.13. The van der Waals surface area contributed by atoms with Gasteiger partial charge in [-0.05, 0) is 19.9 Å². The molecule has 0 aliphatic rings. The van der Waals surface area contributed by atoms with Crippen molar-refractivity contribution in [3.8, 4) is 0 Å². The van der Waals surface area contributed by atoms with Gasteiger partial charge in [0.1, 0.15) is 0 Å². The molecule has 0 saturated heterocycles. The number of carbonyl (C=O) groups is 1. The van der Waals surface area contributed by atoms with Crippen molar-refractivity contribution < 1.29 is 9.53 Å². The molecule has 0 radical (unpaired) electrons. The Balaban J connectivity index is 2.15. The lowest BCUT2D eigenvalue weighted by atomic mass is 10.2. The van der Waals surface area contributed by atoms with Crippen LogP contribution in [0, 0.1) is 6.92 Å². The van der Waals surface area contributed by atoms with E-state index in [-0.39, 0.29) is 11.9 Å². The predicted octanol–water partition coefficient (Wildman–Crippen LogP) is 1.44. The summed E-state index contributed by atoms with van der Waals surface area (Å²) in [5, 5.41) is 14.4. The van der Waals surface area contributed by atoms with Crippen LogP contribution in [0.4, 0.5) is 5.69 Å². The minimum Gasteiger partial charge on any atom is -0.382 e. The summed E-state index contributed by atoms with van der Waals surface area (Å²) in [5.41, 5.74) is 1.93. The number of hydrogen-bond acceptors (Lipinski definition) is 5. The van der Waals surface area contributed by atoms with Crippen LogP contribution in [0.1, 0.15) is 29.0 Å². The molecule has 1 amide bonds. The number of rotatable bonds is 5. The van der Waals surface area contributed by atoms with Crippen molar-refractivity contribution in [3.63, 3.8) is 0 Å². The number of hydrogen-bond donors (Lipinski definition) is 1. The van der Waals surface area contributed by atoms with E-state index in [0.29, 0.717) is 17.9 Å². The molecule has 1 unspecified atom stereocenters. The molecule has 0 aliphatic heterocycles. The summed E-state index contributed by atoms with van der Waals surface area (Å²) >= 11 is 0. The zero-order chi connectivity index (χ0) is 14.5. The molecule has 2 aromatic heterocycles. The first-order valence-corrected chi connectivity index (χ1v) is 6.24. The van der Waals surface area contributed by atoms with Crippen molar-refractivity contribution >= 4 is 11.6 Å². The molecule has 106 valence electrons. The van der Waals surface area contributed by atoms with E-state index < -0.39 is 0 Å². The fraction of sp³-hybridized carbons (Fsp3) is 0.385. The van der Waals surface area contributed by atoms with Gasteiger partial charge in [0.25, 0.3) is 5.91 Å². The minimum atomic E-state index is -0.216. The number of amides is 1. The van der Waals surface area contributed by atoms with E-state index in [4.69, 9.17) is 4.74 Å². The van der Waals surface area contributed by atoms with Crippen LogP contribution in [0.2, 0.25) is 0 Å². The van der Waals surface area contributed by atoms with Gasteiger partial charge in [0.15, 0.2) is 0 Å². The Kier molecular flexibility index (Phi) is 4.41. The molecule has 2 aromatic rings. The average molecular weight is 275 g/mol. The van der Waals surface area contributed by atoms with Crippen LogP contribution in [0.25, 0.3) is 0 Å². The monoisotopic (exact) mass is 275 g/mol. The third kappa shape index (κ3) is 3.00. The van der Waals surface area contributed by atoms with Crippen LogP contribution >= 0.6 is 0 Å². The highest BCUT2D eigenvalue weighted by atomic mass is 16.5. The normalized spacial score (nSPS) is 12.2. The molecule has 0 bridgehead atoms. The molecule has 2 heterocycles. The second kappa shape index (κ2) is 6.25. The van der Waals surface area contributed by atoms with Gasteiger partial charge in [-0.25, -0.2) is 0 Å². The standard InChI is InChI=1S/C13H17N5O2/c1-9(8-20-3)18-10(2)12(7-16-18)13(19)17-11-4-5-14-15-6-11/h4-7,9H,8H2,1-3H3,(H,14,17,19). The second-order valence-corrected chi connectivity index (χ2v) is 4.48. The molecule has 7 nitrogen and oxygen atoms in total. The molecule has 0 aliphatic carbocycles. The quantitative estimate of drug-likeness (QED) is 0.893. The Morgan fingerprint density at radius 2 is 2.25 bits per heavy atom. The summed E-state index contributed by atoms with van der Waals surface area (Å²) in [5.74, 6) is -0.216. The molecular weight excluding hydrogens is 258 g/mol. The van der Waals surface area contributed by atoms with E-state index in [9.17, 15) is 4.79 Å². The highest BCUT2D eigenvalue weighted by Gasteiger charge is 2.17. The zero-order valence-electron chi connectivity index (χ0n) is 11.7. The van der Waals surface area contributed by atoms with E-state index in [2.05, 4.69) is 20.6 Å². The van der Waals surface area contributed by atoms with Crippen LogP contribution in [0.15, 0.2) is 24.7 Å². The summed E-state index contributed by atoms with van der Waals surface area (Å²) in [4.78, 5) is 12.2. The first-order chi connectivity index (χ1) is 9.63. The van der Waals surface area contributed by atoms with Gasteiger partial charge < -0.3 is 10.1 Å². The molecule has 0 aromatic carbocycles. The van der Waals surface area contributed by atoms with Gasteiger partial charge in [0.05, 0.1) is 42.5 Å². The van der Waals surface area contributed by atoms with E-state index in [1.807, 2.05) is 13.8 Å². The lowest BCUT2D eigenvalue weighted by molar-refractivity contribution is 0.102. The first kappa shape index (κ1) is 14.1. The third-order valence-corrected chi connectivity index (χ3v) is 2.96. The van der Waals surface area contributed by atoms with E-state index in [1.54, 1.807) is 24.1 Å². The number of carbonyl (C=O) groups excluding carboxylic acids is 1. The van der Waals surface area contributed by atoms with Gasteiger partial charge in [-0.2, -0.15) is 15.3 Å². The number of anilines is 1. The topological polar surface area (TPSA) is 81.9 Å². The van der Waals surface area contributed by atoms with Crippen LogP contribution in [0.5, 0.6) is 0 Å². The highest BCUT2D eigenvalue weighted by Crippen LogP contribution is 2.15. The summed E-state index contributed by atoms with van der Waals surface area (Å²) in [6.07, 6.45) is 4.57. The van der Waals surface area contributed by atoms with Gasteiger partial charge >= 0.3 is 0 Å². The van der Waals surface area contributed by atoms with Crippen molar-refractivity contribution in [2.75, 3.05) is 19.0 Å². The highest BCUT2D eigenvalue weighted by molar-refractivity contribution is 6.04. The summed E-state index contributed by atoms with van der Waals surface area (Å²) < 4.78 is 6.88. The van der Waals surface area contributed by atoms with Crippen LogP contribution in [-0.2, 0) is 4.74 Å². The molecule has 1 atom stereocenters. The molecule has 20 heavy (non-hydrogen) atoms. The Labute approximate surface area is 117 Å². The Bertz CT molecular complexity index is 582. The van der Waals surface area contributed by atoms with Gasteiger partial charge in [-0.1, -0.05) is 0 Å². The lowest BCUT2D eigenvalue weighted by Crippen LogP contribution is -2.16. The van der Waals surface area contributed by atoms with E-state index >= 15 is 0 Å². The maximum absolute atomic E-state index is 12.2. The van der Waals surface area contributed by atoms with Crippen molar-refractivity contribution in [2.24, 2.45) is 0 Å². The van der Waals surface area contributed by atoms with E-state index in [0.717, 1.165) is 5.69 Å². The van der Waals surface area contributed by atoms with Gasteiger partial charge in [-0.3, -0.25) is 9.48 Å². The number of nitrogens with zero attached hydrogens (tertiary/aromatic N) is 4. The van der Waals surface area contributed by atoms with Crippen LogP contribution in [-0.4, -0.2) is 39.6 Å². The molecule has 0 saturated carbocycles. The molecule has 7 heteroatoms. The Hall–Kier alpha value is -2.28.